The summed E-state index contributed by atoms with van der Waals surface area (Å²) in [4.78, 5) is 13.6. The van der Waals surface area contributed by atoms with Crippen LogP contribution in [-0.2, 0) is 17.8 Å². The van der Waals surface area contributed by atoms with Crippen LogP contribution in [0, 0.1) is 5.41 Å². The van der Waals surface area contributed by atoms with E-state index < -0.39 is 5.41 Å². The molecule has 0 aliphatic carbocycles. The molecule has 0 saturated heterocycles. The number of unbranched alkanes of at least 4 members (excludes halogenated alkanes) is 1. The zero-order chi connectivity index (χ0) is 21.6. The number of nitrogens with zero attached hydrogens (tertiary/aromatic N) is 4. The molecule has 0 aliphatic heterocycles. The fraction of sp³-hybridized carbons (Fsp3) is 0.391. The van der Waals surface area contributed by atoms with E-state index in [1.54, 1.807) is 24.0 Å². The molecule has 1 heterocycles. The van der Waals surface area contributed by atoms with Gasteiger partial charge < -0.3 is 9.47 Å². The lowest BCUT2D eigenvalue weighted by Gasteiger charge is -2.16. The fourth-order valence-corrected chi connectivity index (χ4v) is 2.76. The van der Waals surface area contributed by atoms with E-state index in [4.69, 9.17) is 9.47 Å². The Kier molecular flexibility index (Phi) is 6.82. The van der Waals surface area contributed by atoms with Crippen LogP contribution < -0.4 is 9.47 Å². The highest BCUT2D eigenvalue weighted by Crippen LogP contribution is 2.22. The molecule has 0 saturated carbocycles. The smallest absolute Gasteiger partial charge is 0.316 e. The first kappa shape index (κ1) is 21.5. The molecule has 0 bridgehead atoms. The van der Waals surface area contributed by atoms with Gasteiger partial charge in [0.05, 0.1) is 19.1 Å². The fourth-order valence-electron chi connectivity index (χ4n) is 2.76. The van der Waals surface area contributed by atoms with Crippen molar-refractivity contribution < 1.29 is 14.3 Å². The van der Waals surface area contributed by atoms with Crippen LogP contribution >= 0.6 is 0 Å². The standard InChI is InChI=1S/C23H28N4O3/c1-23(2,3)22(28)30-20-14-10-18(11-15-20)21-24-26-27(25-21)16-6-5-7-17-8-12-19(29-4)13-9-17/h8-15H,5-7,16H2,1-4H3. The van der Waals surface area contributed by atoms with Crippen molar-refractivity contribution in [2.45, 2.75) is 46.6 Å². The molecule has 3 rings (SSSR count). The van der Waals surface area contributed by atoms with Gasteiger partial charge in [-0.3, -0.25) is 4.79 Å². The zero-order valence-corrected chi connectivity index (χ0v) is 18.0. The second-order valence-electron chi connectivity index (χ2n) is 8.18. The number of ether oxygens (including phenoxy) is 2. The van der Waals surface area contributed by atoms with Gasteiger partial charge >= 0.3 is 5.97 Å². The van der Waals surface area contributed by atoms with Gasteiger partial charge in [0, 0.05) is 5.56 Å². The number of carbonyl (C=O) groups is 1. The van der Waals surface area contributed by atoms with E-state index in [-0.39, 0.29) is 5.97 Å². The van der Waals surface area contributed by atoms with E-state index in [0.717, 1.165) is 30.6 Å². The molecule has 1 aromatic heterocycles. The van der Waals surface area contributed by atoms with Crippen LogP contribution in [0.1, 0.15) is 39.2 Å². The molecule has 0 fully saturated rings. The van der Waals surface area contributed by atoms with Crippen molar-refractivity contribution in [3.05, 3.63) is 54.1 Å². The third-order valence-electron chi connectivity index (χ3n) is 4.62. The lowest BCUT2D eigenvalue weighted by atomic mass is 9.97. The van der Waals surface area contributed by atoms with Gasteiger partial charge in [-0.25, -0.2) is 0 Å². The van der Waals surface area contributed by atoms with Gasteiger partial charge in [-0.15, -0.1) is 10.2 Å². The Morgan fingerprint density at radius 2 is 1.63 bits per heavy atom. The minimum atomic E-state index is -0.545. The molecule has 0 unspecified atom stereocenters. The van der Waals surface area contributed by atoms with E-state index in [9.17, 15) is 4.79 Å². The molecule has 158 valence electrons. The molecular weight excluding hydrogens is 380 g/mol. The van der Waals surface area contributed by atoms with Gasteiger partial charge in [0.15, 0.2) is 0 Å². The SMILES string of the molecule is COc1ccc(CCCCn2nnc(-c3ccc(OC(=O)C(C)(C)C)cc3)n2)cc1. The molecule has 7 nitrogen and oxygen atoms in total. The minimum absolute atomic E-state index is 0.269. The van der Waals surface area contributed by atoms with Crippen LogP contribution in [0.25, 0.3) is 11.4 Å². The molecule has 0 spiro atoms. The van der Waals surface area contributed by atoms with Crippen LogP contribution in [0.4, 0.5) is 0 Å². The van der Waals surface area contributed by atoms with Crippen molar-refractivity contribution >= 4 is 5.97 Å². The monoisotopic (exact) mass is 408 g/mol. The summed E-state index contributed by atoms with van der Waals surface area (Å²) in [7, 11) is 1.67. The van der Waals surface area contributed by atoms with Crippen LogP contribution in [0.5, 0.6) is 11.5 Å². The van der Waals surface area contributed by atoms with Crippen LogP contribution in [0.3, 0.4) is 0 Å². The van der Waals surface area contributed by atoms with Gasteiger partial charge in [0.2, 0.25) is 5.82 Å². The summed E-state index contributed by atoms with van der Waals surface area (Å²) in [5.74, 6) is 1.66. The maximum Gasteiger partial charge on any atom is 0.316 e. The molecule has 0 amide bonds. The Labute approximate surface area is 177 Å². The van der Waals surface area contributed by atoms with Gasteiger partial charge in [-0.2, -0.15) is 4.80 Å². The first-order valence-electron chi connectivity index (χ1n) is 10.1. The minimum Gasteiger partial charge on any atom is -0.497 e. The normalized spacial score (nSPS) is 11.3. The Morgan fingerprint density at radius 1 is 0.967 bits per heavy atom. The number of esters is 1. The van der Waals surface area contributed by atoms with E-state index in [1.165, 1.54) is 5.56 Å². The van der Waals surface area contributed by atoms with E-state index in [2.05, 4.69) is 27.5 Å². The average Bonchev–Trinajstić information content (AvgIpc) is 3.20. The topological polar surface area (TPSA) is 79.1 Å². The summed E-state index contributed by atoms with van der Waals surface area (Å²) in [6, 6.07) is 15.3. The summed E-state index contributed by atoms with van der Waals surface area (Å²) in [6.45, 7) is 6.18. The summed E-state index contributed by atoms with van der Waals surface area (Å²) in [6.07, 6.45) is 3.00. The number of aromatic nitrogens is 4. The second-order valence-corrected chi connectivity index (χ2v) is 8.18. The number of benzene rings is 2. The Hall–Kier alpha value is -3.22. The number of tetrazole rings is 1. The highest BCUT2D eigenvalue weighted by atomic mass is 16.5. The van der Waals surface area contributed by atoms with Crippen molar-refractivity contribution in [2.75, 3.05) is 7.11 Å². The summed E-state index contributed by atoms with van der Waals surface area (Å²) >= 11 is 0. The lowest BCUT2D eigenvalue weighted by molar-refractivity contribution is -0.142. The Balaban J connectivity index is 1.48. The van der Waals surface area contributed by atoms with Crippen LogP contribution in [-0.4, -0.2) is 33.3 Å². The highest BCUT2D eigenvalue weighted by Gasteiger charge is 2.23. The van der Waals surface area contributed by atoms with Crippen molar-refractivity contribution in [3.8, 4) is 22.9 Å². The zero-order valence-electron chi connectivity index (χ0n) is 18.0. The van der Waals surface area contributed by atoms with Gasteiger partial charge in [-0.1, -0.05) is 12.1 Å². The highest BCUT2D eigenvalue weighted by molar-refractivity contribution is 5.78. The largest absolute Gasteiger partial charge is 0.497 e. The molecule has 2 aromatic carbocycles. The van der Waals surface area contributed by atoms with Gasteiger partial charge in [0.1, 0.15) is 11.5 Å². The predicted molar refractivity (Wildman–Crippen MR) is 114 cm³/mol. The lowest BCUT2D eigenvalue weighted by Crippen LogP contribution is -2.25. The third kappa shape index (κ3) is 5.89. The van der Waals surface area contributed by atoms with Crippen molar-refractivity contribution in [2.24, 2.45) is 5.41 Å². The van der Waals surface area contributed by atoms with Crippen molar-refractivity contribution in [3.63, 3.8) is 0 Å². The number of aryl methyl sites for hydroxylation is 2. The predicted octanol–water partition coefficient (Wildman–Crippen LogP) is 4.32. The molecule has 0 aliphatic rings. The maximum absolute atomic E-state index is 12.0. The Bertz CT molecular complexity index is 957. The number of hydrogen-bond acceptors (Lipinski definition) is 6. The molecule has 0 atom stereocenters. The summed E-state index contributed by atoms with van der Waals surface area (Å²) < 4.78 is 10.6. The first-order valence-corrected chi connectivity index (χ1v) is 10.1. The molecule has 7 heteroatoms. The average molecular weight is 409 g/mol. The summed E-state index contributed by atoms with van der Waals surface area (Å²) in [5.41, 5.74) is 1.57. The first-order chi connectivity index (χ1) is 14.3. The molecule has 3 aromatic rings. The number of hydrogen-bond donors (Lipinski definition) is 0. The number of carbonyl (C=O) groups excluding carboxylic acids is 1. The number of methoxy groups -OCH3 is 1. The molecule has 0 N–H and O–H groups in total. The summed E-state index contributed by atoms with van der Waals surface area (Å²) in [5, 5.41) is 12.7. The van der Waals surface area contributed by atoms with Crippen molar-refractivity contribution in [1.82, 2.24) is 20.2 Å². The number of rotatable bonds is 8. The molecule has 30 heavy (non-hydrogen) atoms. The molecular formula is C23H28N4O3. The molecule has 0 radical (unpaired) electrons. The van der Waals surface area contributed by atoms with Crippen LogP contribution in [0.2, 0.25) is 0 Å². The third-order valence-corrected chi connectivity index (χ3v) is 4.62. The van der Waals surface area contributed by atoms with Gasteiger partial charge in [0.25, 0.3) is 0 Å². The van der Waals surface area contributed by atoms with Crippen LogP contribution in [0.15, 0.2) is 48.5 Å². The quantitative estimate of drug-likeness (QED) is 0.314. The Morgan fingerprint density at radius 3 is 2.27 bits per heavy atom. The van der Waals surface area contributed by atoms with Crippen molar-refractivity contribution in [1.29, 1.82) is 0 Å². The van der Waals surface area contributed by atoms with E-state index in [0.29, 0.717) is 18.1 Å². The van der Waals surface area contributed by atoms with E-state index in [1.807, 2.05) is 45.0 Å². The van der Waals surface area contributed by atoms with Gasteiger partial charge in [-0.05, 0) is 87.2 Å². The van der Waals surface area contributed by atoms with E-state index >= 15 is 0 Å². The second kappa shape index (κ2) is 9.52. The maximum atomic E-state index is 12.0.